The zero-order chi connectivity index (χ0) is 11.4. The lowest BCUT2D eigenvalue weighted by Crippen LogP contribution is -2.59. The van der Waals surface area contributed by atoms with E-state index in [2.05, 4.69) is 52.1 Å². The van der Waals surface area contributed by atoms with Crippen molar-refractivity contribution in [1.82, 2.24) is 10.3 Å². The number of nitrogens with two attached hydrogens (primary N) is 1. The van der Waals surface area contributed by atoms with E-state index in [1.54, 1.807) is 0 Å². The zero-order valence-corrected chi connectivity index (χ0v) is 10.6. The minimum atomic E-state index is 0.0866. The largest absolute Gasteiger partial charge is 0.303 e. The van der Waals surface area contributed by atoms with Gasteiger partial charge < -0.3 is 4.90 Å². The highest BCUT2D eigenvalue weighted by Gasteiger charge is 2.34. The molecule has 2 atom stereocenters. The Balaban J connectivity index is 4.53. The van der Waals surface area contributed by atoms with Crippen molar-refractivity contribution >= 4 is 0 Å². The highest BCUT2D eigenvalue weighted by Crippen LogP contribution is 2.24. The number of nitrogens with zero attached hydrogens (tertiary/aromatic N) is 1. The molecule has 2 unspecified atom stereocenters. The number of hydrogen-bond acceptors (Lipinski definition) is 3. The molecule has 0 aromatic heterocycles. The van der Waals surface area contributed by atoms with Gasteiger partial charge in [0.2, 0.25) is 0 Å². The van der Waals surface area contributed by atoms with Gasteiger partial charge in [-0.05, 0) is 40.3 Å². The van der Waals surface area contributed by atoms with E-state index in [9.17, 15) is 0 Å². The van der Waals surface area contributed by atoms with Gasteiger partial charge in [-0.15, -0.1) is 0 Å². The van der Waals surface area contributed by atoms with Gasteiger partial charge in [-0.3, -0.25) is 11.3 Å². The van der Waals surface area contributed by atoms with Gasteiger partial charge in [0.05, 0.1) is 0 Å². The van der Waals surface area contributed by atoms with Crippen LogP contribution in [-0.4, -0.2) is 30.6 Å². The van der Waals surface area contributed by atoms with E-state index < -0.39 is 0 Å². The molecule has 0 amide bonds. The van der Waals surface area contributed by atoms with Crippen LogP contribution in [0.1, 0.15) is 40.5 Å². The van der Waals surface area contributed by atoms with Crippen LogP contribution >= 0.6 is 0 Å². The van der Waals surface area contributed by atoms with Crippen LogP contribution in [0.5, 0.6) is 0 Å². The Hall–Kier alpha value is -0.120. The van der Waals surface area contributed by atoms with Crippen molar-refractivity contribution in [3.05, 3.63) is 0 Å². The third-order valence-electron chi connectivity index (χ3n) is 3.41. The Morgan fingerprint density at radius 1 is 1.36 bits per heavy atom. The van der Waals surface area contributed by atoms with E-state index in [4.69, 9.17) is 5.84 Å². The molecule has 3 N–H and O–H groups in total. The molecule has 0 heterocycles. The summed E-state index contributed by atoms with van der Waals surface area (Å²) in [6.07, 6.45) is 2.43. The molecule has 0 aromatic rings. The van der Waals surface area contributed by atoms with E-state index in [0.29, 0.717) is 12.0 Å². The lowest BCUT2D eigenvalue weighted by Gasteiger charge is -2.42. The number of hydrogen-bond donors (Lipinski definition) is 2. The van der Waals surface area contributed by atoms with Gasteiger partial charge in [-0.25, -0.2) is 0 Å². The smallest absolute Gasteiger partial charge is 0.0414 e. The lowest BCUT2D eigenvalue weighted by atomic mass is 9.82. The van der Waals surface area contributed by atoms with Crippen LogP contribution in [-0.2, 0) is 0 Å². The van der Waals surface area contributed by atoms with E-state index in [1.165, 1.54) is 12.8 Å². The quantitative estimate of drug-likeness (QED) is 0.506. The minimum absolute atomic E-state index is 0.0866. The van der Waals surface area contributed by atoms with Crippen LogP contribution in [0.2, 0.25) is 0 Å². The molecule has 0 saturated heterocycles. The number of likely N-dealkylation sites (N-methyl/N-ethyl adjacent to an activating group) is 1. The highest BCUT2D eigenvalue weighted by atomic mass is 15.3. The Labute approximate surface area is 89.0 Å². The average Bonchev–Trinajstić information content (AvgIpc) is 2.04. The van der Waals surface area contributed by atoms with Gasteiger partial charge in [0.15, 0.2) is 0 Å². The van der Waals surface area contributed by atoms with Crippen LogP contribution in [0.4, 0.5) is 0 Å². The molecule has 0 aliphatic carbocycles. The molecular formula is C11H27N3. The van der Waals surface area contributed by atoms with Crippen molar-refractivity contribution in [2.24, 2.45) is 11.8 Å². The van der Waals surface area contributed by atoms with E-state index >= 15 is 0 Å². The molecule has 0 aromatic carbocycles. The summed E-state index contributed by atoms with van der Waals surface area (Å²) in [5.41, 5.74) is 3.05. The topological polar surface area (TPSA) is 41.3 Å². The predicted octanol–water partition coefficient (Wildman–Crippen LogP) is 1.59. The van der Waals surface area contributed by atoms with E-state index in [1.807, 2.05) is 0 Å². The summed E-state index contributed by atoms with van der Waals surface area (Å²) >= 11 is 0. The summed E-state index contributed by atoms with van der Waals surface area (Å²) in [5.74, 6) is 6.25. The van der Waals surface area contributed by atoms with E-state index in [0.717, 1.165) is 0 Å². The van der Waals surface area contributed by atoms with Crippen molar-refractivity contribution in [2.75, 3.05) is 14.1 Å². The lowest BCUT2D eigenvalue weighted by molar-refractivity contribution is 0.104. The third-order valence-corrected chi connectivity index (χ3v) is 3.41. The monoisotopic (exact) mass is 201 g/mol. The Kier molecular flexibility index (Phi) is 5.64. The summed E-state index contributed by atoms with van der Waals surface area (Å²) in [6, 6.07) is 0.331. The van der Waals surface area contributed by atoms with Gasteiger partial charge in [0.25, 0.3) is 0 Å². The van der Waals surface area contributed by atoms with Crippen molar-refractivity contribution in [3.8, 4) is 0 Å². The fourth-order valence-electron chi connectivity index (χ4n) is 1.96. The normalized spacial score (nSPS) is 17.1. The molecule has 0 spiro atoms. The summed E-state index contributed by atoms with van der Waals surface area (Å²) in [5, 5.41) is 0. The first-order valence-corrected chi connectivity index (χ1v) is 5.51. The van der Waals surface area contributed by atoms with E-state index in [-0.39, 0.29) is 5.54 Å². The second-order valence-electron chi connectivity index (χ2n) is 4.96. The van der Waals surface area contributed by atoms with Gasteiger partial charge in [-0.2, -0.15) is 0 Å². The first-order valence-electron chi connectivity index (χ1n) is 5.51. The average molecular weight is 201 g/mol. The molecule has 14 heavy (non-hydrogen) atoms. The van der Waals surface area contributed by atoms with Crippen molar-refractivity contribution in [3.63, 3.8) is 0 Å². The van der Waals surface area contributed by atoms with Crippen LogP contribution in [0, 0.1) is 5.92 Å². The van der Waals surface area contributed by atoms with Gasteiger partial charge in [0, 0.05) is 11.6 Å². The number of rotatable bonds is 6. The van der Waals surface area contributed by atoms with Gasteiger partial charge >= 0.3 is 0 Å². The summed E-state index contributed by atoms with van der Waals surface area (Å²) < 4.78 is 0. The van der Waals surface area contributed by atoms with Crippen molar-refractivity contribution in [1.29, 1.82) is 0 Å². The molecule has 0 fully saturated rings. The molecule has 0 aliphatic rings. The summed E-state index contributed by atoms with van der Waals surface area (Å²) in [7, 11) is 4.20. The molecule has 3 heteroatoms. The first kappa shape index (κ1) is 13.9. The van der Waals surface area contributed by atoms with Crippen molar-refractivity contribution < 1.29 is 0 Å². The summed E-state index contributed by atoms with van der Waals surface area (Å²) in [4.78, 5) is 2.23. The maximum Gasteiger partial charge on any atom is 0.0414 e. The second kappa shape index (κ2) is 5.69. The fraction of sp³-hybridized carbons (Fsp3) is 1.00. The second-order valence-corrected chi connectivity index (χ2v) is 4.96. The number of nitrogens with one attached hydrogen (secondary N) is 1. The minimum Gasteiger partial charge on any atom is -0.303 e. The summed E-state index contributed by atoms with van der Waals surface area (Å²) in [6.45, 7) is 8.93. The molecule has 3 nitrogen and oxygen atoms in total. The van der Waals surface area contributed by atoms with Crippen LogP contribution < -0.4 is 11.3 Å². The Morgan fingerprint density at radius 2 is 1.86 bits per heavy atom. The third kappa shape index (κ3) is 3.23. The van der Waals surface area contributed by atoms with Crippen molar-refractivity contribution in [2.45, 2.75) is 52.1 Å². The maximum absolute atomic E-state index is 5.65. The van der Waals surface area contributed by atoms with Gasteiger partial charge in [-0.1, -0.05) is 20.3 Å². The maximum atomic E-state index is 5.65. The SMILES string of the molecule is CCCC(C)C(NN)C(C)(C)N(C)C. The Bertz CT molecular complexity index is 155. The van der Waals surface area contributed by atoms with Crippen LogP contribution in [0.25, 0.3) is 0 Å². The molecule has 0 bridgehead atoms. The first-order chi connectivity index (χ1) is 6.37. The molecular weight excluding hydrogens is 174 g/mol. The molecule has 0 aliphatic heterocycles. The van der Waals surface area contributed by atoms with Gasteiger partial charge in [0.1, 0.15) is 0 Å². The number of hydrazine groups is 1. The molecule has 0 radical (unpaired) electrons. The molecule has 0 saturated carbocycles. The highest BCUT2D eigenvalue weighted by molar-refractivity contribution is 4.92. The molecule has 0 rings (SSSR count). The zero-order valence-electron chi connectivity index (χ0n) is 10.6. The molecule has 86 valence electrons. The Morgan fingerprint density at radius 3 is 2.14 bits per heavy atom. The fourth-order valence-corrected chi connectivity index (χ4v) is 1.96. The van der Waals surface area contributed by atoms with Crippen LogP contribution in [0.3, 0.4) is 0 Å². The predicted molar refractivity (Wildman–Crippen MR) is 62.9 cm³/mol. The standard InChI is InChI=1S/C11H27N3/c1-7-8-9(2)10(13-12)11(3,4)14(5)6/h9-10,13H,7-8,12H2,1-6H3. The van der Waals surface area contributed by atoms with Crippen LogP contribution in [0.15, 0.2) is 0 Å².